The Hall–Kier alpha value is -0.300. The predicted octanol–water partition coefficient (Wildman–Crippen LogP) is 5.48. The van der Waals surface area contributed by atoms with E-state index in [0.29, 0.717) is 6.61 Å². The largest absolute Gasteiger partial charge is 0.396 e. The lowest BCUT2D eigenvalue weighted by atomic mass is 10.1. The van der Waals surface area contributed by atoms with Gasteiger partial charge in [0.05, 0.1) is 0 Å². The fourth-order valence-corrected chi connectivity index (χ4v) is 2.10. The molecule has 0 heterocycles. The average molecular weight is 254 g/mol. The molecule has 1 heteroatoms. The first-order valence-corrected chi connectivity index (χ1v) is 8.03. The zero-order valence-electron chi connectivity index (χ0n) is 12.7. The van der Waals surface area contributed by atoms with Gasteiger partial charge in [-0.2, -0.15) is 0 Å². The smallest absolute Gasteiger partial charge is 0.0431 e. The molecule has 0 saturated heterocycles. The van der Waals surface area contributed by atoms with E-state index in [1.807, 2.05) is 0 Å². The molecule has 0 radical (unpaired) electrons. The highest BCUT2D eigenvalue weighted by Gasteiger charge is 1.92. The third kappa shape index (κ3) is 15.7. The van der Waals surface area contributed by atoms with Crippen molar-refractivity contribution in [1.29, 1.82) is 0 Å². The molecular weight excluding hydrogens is 220 g/mol. The SMILES string of the molecule is CC(C)C/C=C/CCCCCCCCCCCO. The molecule has 0 aromatic rings. The number of hydrogen-bond acceptors (Lipinski definition) is 1. The fourth-order valence-electron chi connectivity index (χ4n) is 2.10. The normalized spacial score (nSPS) is 11.8. The van der Waals surface area contributed by atoms with Crippen molar-refractivity contribution >= 4 is 0 Å². The minimum absolute atomic E-state index is 0.365. The lowest BCUT2D eigenvalue weighted by molar-refractivity contribution is 0.282. The predicted molar refractivity (Wildman–Crippen MR) is 81.9 cm³/mol. The molecule has 0 atom stereocenters. The Balaban J connectivity index is 3.01. The Labute approximate surface area is 115 Å². The van der Waals surface area contributed by atoms with E-state index >= 15 is 0 Å². The monoisotopic (exact) mass is 254 g/mol. The standard InChI is InChI=1S/C17H34O/c1-17(2)15-13-11-9-7-5-3-4-6-8-10-12-14-16-18/h11,13,17-18H,3-10,12,14-16H2,1-2H3/b13-11+. The van der Waals surface area contributed by atoms with Crippen molar-refractivity contribution in [2.75, 3.05) is 6.61 Å². The molecule has 0 aromatic carbocycles. The number of rotatable bonds is 13. The van der Waals surface area contributed by atoms with Crippen molar-refractivity contribution in [3.05, 3.63) is 12.2 Å². The highest BCUT2D eigenvalue weighted by atomic mass is 16.2. The minimum Gasteiger partial charge on any atom is -0.396 e. The second-order valence-electron chi connectivity index (χ2n) is 5.80. The molecule has 1 N–H and O–H groups in total. The van der Waals surface area contributed by atoms with Gasteiger partial charge in [0, 0.05) is 6.61 Å². The number of allylic oxidation sites excluding steroid dienone is 2. The summed E-state index contributed by atoms with van der Waals surface area (Å²) >= 11 is 0. The average Bonchev–Trinajstić information content (AvgIpc) is 2.34. The Kier molecular flexibility index (Phi) is 14.5. The maximum absolute atomic E-state index is 8.65. The highest BCUT2D eigenvalue weighted by molar-refractivity contribution is 4.82. The van der Waals surface area contributed by atoms with Gasteiger partial charge in [-0.15, -0.1) is 0 Å². The van der Waals surface area contributed by atoms with Crippen molar-refractivity contribution in [2.24, 2.45) is 5.92 Å². The molecule has 0 aliphatic rings. The Morgan fingerprint density at radius 3 is 1.72 bits per heavy atom. The van der Waals surface area contributed by atoms with Gasteiger partial charge in [-0.05, 0) is 31.6 Å². The van der Waals surface area contributed by atoms with E-state index < -0.39 is 0 Å². The van der Waals surface area contributed by atoms with Crippen molar-refractivity contribution in [3.63, 3.8) is 0 Å². The highest BCUT2D eigenvalue weighted by Crippen LogP contribution is 2.11. The van der Waals surface area contributed by atoms with Gasteiger partial charge < -0.3 is 5.11 Å². The summed E-state index contributed by atoms with van der Waals surface area (Å²) in [5.74, 6) is 0.798. The molecule has 0 aliphatic carbocycles. The van der Waals surface area contributed by atoms with Crippen LogP contribution in [0.5, 0.6) is 0 Å². The molecule has 1 nitrogen and oxygen atoms in total. The molecule has 0 bridgehead atoms. The second-order valence-corrected chi connectivity index (χ2v) is 5.80. The number of hydrogen-bond donors (Lipinski definition) is 1. The van der Waals surface area contributed by atoms with Crippen molar-refractivity contribution < 1.29 is 5.11 Å². The van der Waals surface area contributed by atoms with Crippen LogP contribution in [0.4, 0.5) is 0 Å². The lowest BCUT2D eigenvalue weighted by Gasteiger charge is -2.01. The second kappa shape index (κ2) is 14.8. The number of unbranched alkanes of at least 4 members (excludes halogenated alkanes) is 9. The maximum atomic E-state index is 8.65. The Morgan fingerprint density at radius 2 is 1.22 bits per heavy atom. The zero-order valence-corrected chi connectivity index (χ0v) is 12.7. The summed E-state index contributed by atoms with van der Waals surface area (Å²) < 4.78 is 0. The van der Waals surface area contributed by atoms with Crippen molar-refractivity contribution in [2.45, 2.75) is 84.5 Å². The van der Waals surface area contributed by atoms with Crippen LogP contribution in [-0.2, 0) is 0 Å². The van der Waals surface area contributed by atoms with Crippen LogP contribution >= 0.6 is 0 Å². The quantitative estimate of drug-likeness (QED) is 0.341. The van der Waals surface area contributed by atoms with Gasteiger partial charge >= 0.3 is 0 Å². The molecule has 0 aliphatic heterocycles. The van der Waals surface area contributed by atoms with E-state index in [9.17, 15) is 0 Å². The lowest BCUT2D eigenvalue weighted by Crippen LogP contribution is -1.84. The van der Waals surface area contributed by atoms with E-state index in [1.54, 1.807) is 0 Å². The number of aliphatic hydroxyl groups is 1. The first kappa shape index (κ1) is 17.7. The van der Waals surface area contributed by atoms with Crippen LogP contribution in [0.25, 0.3) is 0 Å². The van der Waals surface area contributed by atoms with Crippen LogP contribution in [0.1, 0.15) is 84.5 Å². The molecule has 0 unspecified atom stereocenters. The zero-order chi connectivity index (χ0) is 13.5. The summed E-state index contributed by atoms with van der Waals surface area (Å²) in [6, 6.07) is 0. The first-order valence-electron chi connectivity index (χ1n) is 8.03. The van der Waals surface area contributed by atoms with Crippen LogP contribution in [0, 0.1) is 5.92 Å². The summed E-state index contributed by atoms with van der Waals surface area (Å²) in [6.07, 6.45) is 19.0. The third-order valence-electron chi connectivity index (χ3n) is 3.30. The summed E-state index contributed by atoms with van der Waals surface area (Å²) in [4.78, 5) is 0. The van der Waals surface area contributed by atoms with Gasteiger partial charge in [0.2, 0.25) is 0 Å². The summed E-state index contributed by atoms with van der Waals surface area (Å²) in [5, 5.41) is 8.65. The maximum Gasteiger partial charge on any atom is 0.0431 e. The van der Waals surface area contributed by atoms with Gasteiger partial charge in [-0.1, -0.05) is 70.9 Å². The van der Waals surface area contributed by atoms with Crippen LogP contribution < -0.4 is 0 Å². The van der Waals surface area contributed by atoms with Gasteiger partial charge in [0.1, 0.15) is 0 Å². The Morgan fingerprint density at radius 1 is 0.722 bits per heavy atom. The molecule has 0 saturated carbocycles. The number of aliphatic hydroxyl groups excluding tert-OH is 1. The van der Waals surface area contributed by atoms with E-state index in [0.717, 1.165) is 12.3 Å². The Bertz CT molecular complexity index is 172. The van der Waals surface area contributed by atoms with E-state index in [-0.39, 0.29) is 0 Å². The van der Waals surface area contributed by atoms with E-state index in [1.165, 1.54) is 64.2 Å². The molecule has 108 valence electrons. The van der Waals surface area contributed by atoms with Crippen LogP contribution in [0.15, 0.2) is 12.2 Å². The van der Waals surface area contributed by atoms with Crippen LogP contribution in [-0.4, -0.2) is 11.7 Å². The van der Waals surface area contributed by atoms with E-state index in [2.05, 4.69) is 26.0 Å². The van der Waals surface area contributed by atoms with Gasteiger partial charge in [0.15, 0.2) is 0 Å². The molecule has 0 rings (SSSR count). The minimum atomic E-state index is 0.365. The first-order chi connectivity index (χ1) is 8.77. The van der Waals surface area contributed by atoms with Crippen molar-refractivity contribution in [1.82, 2.24) is 0 Å². The third-order valence-corrected chi connectivity index (χ3v) is 3.30. The van der Waals surface area contributed by atoms with Gasteiger partial charge in [-0.25, -0.2) is 0 Å². The fraction of sp³-hybridized carbons (Fsp3) is 0.882. The molecule has 0 fully saturated rings. The van der Waals surface area contributed by atoms with Crippen LogP contribution in [0.2, 0.25) is 0 Å². The molecule has 18 heavy (non-hydrogen) atoms. The summed E-state index contributed by atoms with van der Waals surface area (Å²) in [6.45, 7) is 4.90. The molecule has 0 spiro atoms. The summed E-state index contributed by atoms with van der Waals surface area (Å²) in [5.41, 5.74) is 0. The van der Waals surface area contributed by atoms with Crippen LogP contribution in [0.3, 0.4) is 0 Å². The molecule has 0 amide bonds. The van der Waals surface area contributed by atoms with Crippen molar-refractivity contribution in [3.8, 4) is 0 Å². The summed E-state index contributed by atoms with van der Waals surface area (Å²) in [7, 11) is 0. The van der Waals surface area contributed by atoms with Gasteiger partial charge in [0.25, 0.3) is 0 Å². The molecular formula is C17H34O. The van der Waals surface area contributed by atoms with E-state index in [4.69, 9.17) is 5.11 Å². The van der Waals surface area contributed by atoms with Gasteiger partial charge in [-0.3, -0.25) is 0 Å². The topological polar surface area (TPSA) is 20.2 Å². The molecule has 0 aromatic heterocycles.